The van der Waals surface area contributed by atoms with Gasteiger partial charge in [-0.3, -0.25) is 0 Å². The molecule has 2 rings (SSSR count). The molecule has 0 aliphatic heterocycles. The smallest absolute Gasteiger partial charge is 0.349 e. The monoisotopic (exact) mass is 342 g/mol. The molecule has 0 radical (unpaired) electrons. The maximum absolute atomic E-state index is 12.0. The fourth-order valence-electron chi connectivity index (χ4n) is 2.37. The highest BCUT2D eigenvalue weighted by Gasteiger charge is 2.32. The van der Waals surface area contributed by atoms with E-state index in [1.165, 1.54) is 7.11 Å². The summed E-state index contributed by atoms with van der Waals surface area (Å²) in [7, 11) is 1.31. The minimum absolute atomic E-state index is 0.281. The molecule has 0 amide bonds. The van der Waals surface area contributed by atoms with Crippen molar-refractivity contribution >= 4 is 11.9 Å². The molecule has 0 spiro atoms. The van der Waals surface area contributed by atoms with Crippen LogP contribution in [0.5, 0.6) is 5.75 Å². The molecule has 0 unspecified atom stereocenters. The molecule has 0 aliphatic rings. The number of rotatable bonds is 6. The third kappa shape index (κ3) is 4.38. The van der Waals surface area contributed by atoms with Gasteiger partial charge >= 0.3 is 11.9 Å². The van der Waals surface area contributed by atoms with Crippen molar-refractivity contribution in [3.63, 3.8) is 0 Å². The Hall–Kier alpha value is -2.82. The van der Waals surface area contributed by atoms with Crippen molar-refractivity contribution in [2.45, 2.75) is 26.4 Å². The van der Waals surface area contributed by atoms with Crippen LogP contribution in [0.15, 0.2) is 48.5 Å². The van der Waals surface area contributed by atoms with Crippen LogP contribution in [0.1, 0.15) is 31.1 Å². The van der Waals surface area contributed by atoms with Crippen molar-refractivity contribution < 1.29 is 23.8 Å². The Morgan fingerprint density at radius 1 is 1.04 bits per heavy atom. The molecule has 5 nitrogen and oxygen atoms in total. The van der Waals surface area contributed by atoms with E-state index >= 15 is 0 Å². The first kappa shape index (κ1) is 18.5. The Morgan fingerprint density at radius 3 is 2.32 bits per heavy atom. The highest BCUT2D eigenvalue weighted by molar-refractivity contribution is 5.91. The maximum Gasteiger partial charge on any atom is 0.349 e. The molecule has 0 N–H and O–H groups in total. The first-order valence-corrected chi connectivity index (χ1v) is 8.03. The number of hydrogen-bond donors (Lipinski definition) is 0. The zero-order valence-corrected chi connectivity index (χ0v) is 14.9. The third-order valence-corrected chi connectivity index (χ3v) is 3.62. The van der Waals surface area contributed by atoms with Crippen molar-refractivity contribution in [2.75, 3.05) is 13.7 Å². The molecule has 0 heterocycles. The molecule has 0 fully saturated rings. The van der Waals surface area contributed by atoms with Crippen LogP contribution in [0.4, 0.5) is 0 Å². The SMILES string of the molecule is CCOC(=O)c1ccc(-c2ccccc2)c(OC(C)(C)C(=O)OC)c1. The molecule has 0 saturated carbocycles. The van der Waals surface area contributed by atoms with Crippen LogP contribution in [0, 0.1) is 0 Å². The summed E-state index contributed by atoms with van der Waals surface area (Å²) < 4.78 is 15.8. The Kier molecular flexibility index (Phi) is 5.80. The van der Waals surface area contributed by atoms with Gasteiger partial charge in [-0.2, -0.15) is 0 Å². The summed E-state index contributed by atoms with van der Waals surface area (Å²) in [5.74, 6) is -0.539. The summed E-state index contributed by atoms with van der Waals surface area (Å²) in [4.78, 5) is 24.0. The number of methoxy groups -OCH3 is 1. The van der Waals surface area contributed by atoms with Gasteiger partial charge in [-0.1, -0.05) is 30.3 Å². The second-order valence-corrected chi connectivity index (χ2v) is 5.90. The number of hydrogen-bond acceptors (Lipinski definition) is 5. The lowest BCUT2D eigenvalue weighted by atomic mass is 10.0. The Balaban J connectivity index is 2.49. The highest BCUT2D eigenvalue weighted by atomic mass is 16.6. The van der Waals surface area contributed by atoms with Gasteiger partial charge in [-0.15, -0.1) is 0 Å². The second kappa shape index (κ2) is 7.83. The van der Waals surface area contributed by atoms with Crippen molar-refractivity contribution in [1.29, 1.82) is 0 Å². The van der Waals surface area contributed by atoms with E-state index in [0.717, 1.165) is 11.1 Å². The summed E-state index contributed by atoms with van der Waals surface area (Å²) in [5, 5.41) is 0. The van der Waals surface area contributed by atoms with Gasteiger partial charge in [0.2, 0.25) is 0 Å². The molecular formula is C20H22O5. The van der Waals surface area contributed by atoms with Gasteiger partial charge in [0, 0.05) is 5.56 Å². The summed E-state index contributed by atoms with van der Waals surface area (Å²) in [5.41, 5.74) is 0.836. The van der Waals surface area contributed by atoms with Gasteiger partial charge in [0.1, 0.15) is 5.75 Å². The summed E-state index contributed by atoms with van der Waals surface area (Å²) in [6.07, 6.45) is 0. The van der Waals surface area contributed by atoms with Gasteiger partial charge in [-0.05, 0) is 44.5 Å². The van der Waals surface area contributed by atoms with E-state index in [2.05, 4.69) is 0 Å². The largest absolute Gasteiger partial charge is 0.475 e. The summed E-state index contributed by atoms with van der Waals surface area (Å²) in [6, 6.07) is 14.6. The normalized spacial score (nSPS) is 10.9. The fourth-order valence-corrected chi connectivity index (χ4v) is 2.37. The van der Waals surface area contributed by atoms with Crippen molar-refractivity contribution in [2.24, 2.45) is 0 Å². The van der Waals surface area contributed by atoms with Gasteiger partial charge < -0.3 is 14.2 Å². The summed E-state index contributed by atoms with van der Waals surface area (Å²) in [6.45, 7) is 5.26. The van der Waals surface area contributed by atoms with Gasteiger partial charge in [0.25, 0.3) is 0 Å². The molecule has 132 valence electrons. The molecule has 0 aliphatic carbocycles. The molecular weight excluding hydrogens is 320 g/mol. The molecule has 0 aromatic heterocycles. The van der Waals surface area contributed by atoms with Crippen LogP contribution in [-0.2, 0) is 14.3 Å². The van der Waals surface area contributed by atoms with Crippen molar-refractivity contribution in [3.05, 3.63) is 54.1 Å². The lowest BCUT2D eigenvalue weighted by Crippen LogP contribution is -2.39. The van der Waals surface area contributed by atoms with E-state index in [9.17, 15) is 9.59 Å². The van der Waals surface area contributed by atoms with Gasteiger partial charge in [-0.25, -0.2) is 9.59 Å². The number of benzene rings is 2. The van der Waals surface area contributed by atoms with E-state index in [-0.39, 0.29) is 6.61 Å². The van der Waals surface area contributed by atoms with Crippen molar-refractivity contribution in [3.8, 4) is 16.9 Å². The minimum atomic E-state index is -1.20. The lowest BCUT2D eigenvalue weighted by molar-refractivity contribution is -0.156. The average Bonchev–Trinajstić information content (AvgIpc) is 2.61. The number of carbonyl (C=O) groups excluding carboxylic acids is 2. The standard InChI is InChI=1S/C20H22O5/c1-5-24-18(21)15-11-12-16(14-9-7-6-8-10-14)17(13-15)25-20(2,3)19(22)23-4/h6-13H,5H2,1-4H3. The summed E-state index contributed by atoms with van der Waals surface area (Å²) >= 11 is 0. The van der Waals surface area contributed by atoms with Gasteiger partial charge in [0.15, 0.2) is 5.60 Å². The Morgan fingerprint density at radius 2 is 1.72 bits per heavy atom. The molecule has 0 bridgehead atoms. The van der Waals surface area contributed by atoms with E-state index in [1.54, 1.807) is 39.0 Å². The molecule has 25 heavy (non-hydrogen) atoms. The predicted octanol–water partition coefficient (Wildman–Crippen LogP) is 3.86. The number of ether oxygens (including phenoxy) is 3. The van der Waals surface area contributed by atoms with E-state index < -0.39 is 17.5 Å². The highest BCUT2D eigenvalue weighted by Crippen LogP contribution is 2.34. The molecule has 5 heteroatoms. The van der Waals surface area contributed by atoms with Crippen molar-refractivity contribution in [1.82, 2.24) is 0 Å². The molecule has 2 aromatic carbocycles. The average molecular weight is 342 g/mol. The fraction of sp³-hybridized carbons (Fsp3) is 0.300. The zero-order chi connectivity index (χ0) is 18.4. The molecule has 2 aromatic rings. The van der Waals surface area contributed by atoms with Crippen LogP contribution in [0.3, 0.4) is 0 Å². The zero-order valence-electron chi connectivity index (χ0n) is 14.9. The van der Waals surface area contributed by atoms with E-state index in [0.29, 0.717) is 11.3 Å². The predicted molar refractivity (Wildman–Crippen MR) is 94.6 cm³/mol. The van der Waals surface area contributed by atoms with E-state index in [4.69, 9.17) is 14.2 Å². The number of carbonyl (C=O) groups is 2. The van der Waals surface area contributed by atoms with Crippen LogP contribution in [-0.4, -0.2) is 31.3 Å². The minimum Gasteiger partial charge on any atom is -0.475 e. The first-order valence-electron chi connectivity index (χ1n) is 8.03. The maximum atomic E-state index is 12.0. The lowest BCUT2D eigenvalue weighted by Gasteiger charge is -2.25. The van der Waals surface area contributed by atoms with Crippen LogP contribution < -0.4 is 4.74 Å². The van der Waals surface area contributed by atoms with Gasteiger partial charge in [0.05, 0.1) is 19.3 Å². The molecule has 0 atom stereocenters. The number of esters is 2. The molecule has 0 saturated heterocycles. The Bertz CT molecular complexity index is 750. The first-order chi connectivity index (χ1) is 11.9. The third-order valence-electron chi connectivity index (χ3n) is 3.62. The van der Waals surface area contributed by atoms with Crippen LogP contribution in [0.2, 0.25) is 0 Å². The van der Waals surface area contributed by atoms with Crippen LogP contribution in [0.25, 0.3) is 11.1 Å². The Labute approximate surface area is 147 Å². The second-order valence-electron chi connectivity index (χ2n) is 5.90. The van der Waals surface area contributed by atoms with E-state index in [1.807, 2.05) is 30.3 Å². The van der Waals surface area contributed by atoms with Crippen LogP contribution >= 0.6 is 0 Å². The quantitative estimate of drug-likeness (QED) is 0.746. The topological polar surface area (TPSA) is 61.8 Å².